The summed E-state index contributed by atoms with van der Waals surface area (Å²) in [7, 11) is 1.63. The van der Waals surface area contributed by atoms with E-state index >= 15 is 0 Å². The summed E-state index contributed by atoms with van der Waals surface area (Å²) in [6.45, 7) is 0.821. The standard InChI is InChI=1S/C26H26FN3O2/c1-28-25(32)26(16-20-7-2-3-11-23(20)21-9-5-13-29-17-21)12-6-14-30(18-26)24(31)19-8-4-10-22(27)15-19/h2-5,7-11,13,15,17H,6,12,14,16,18H2,1H3,(H,28,32)/t26-/m1/s1. The molecule has 2 heterocycles. The molecule has 0 aliphatic carbocycles. The Labute approximate surface area is 187 Å². The zero-order chi connectivity index (χ0) is 22.6. The molecule has 32 heavy (non-hydrogen) atoms. The highest BCUT2D eigenvalue weighted by Crippen LogP contribution is 2.37. The monoisotopic (exact) mass is 431 g/mol. The van der Waals surface area contributed by atoms with E-state index < -0.39 is 11.2 Å². The first-order chi connectivity index (χ1) is 15.5. The minimum absolute atomic E-state index is 0.0877. The Hall–Kier alpha value is -3.54. The predicted octanol–water partition coefficient (Wildman–Crippen LogP) is 4.10. The van der Waals surface area contributed by atoms with Gasteiger partial charge in [0, 0.05) is 43.7 Å². The number of pyridine rings is 1. The van der Waals surface area contributed by atoms with Gasteiger partial charge >= 0.3 is 0 Å². The molecule has 1 fully saturated rings. The molecule has 1 aromatic heterocycles. The number of benzene rings is 2. The molecule has 0 unspecified atom stereocenters. The number of aromatic nitrogens is 1. The van der Waals surface area contributed by atoms with Crippen LogP contribution in [-0.2, 0) is 11.2 Å². The molecule has 1 saturated heterocycles. The van der Waals surface area contributed by atoms with E-state index in [0.717, 1.165) is 16.7 Å². The summed E-state index contributed by atoms with van der Waals surface area (Å²) < 4.78 is 13.7. The number of hydrogen-bond acceptors (Lipinski definition) is 3. The summed E-state index contributed by atoms with van der Waals surface area (Å²) in [5, 5.41) is 2.81. The van der Waals surface area contributed by atoms with Gasteiger partial charge in [-0.05, 0) is 54.7 Å². The Morgan fingerprint density at radius 1 is 1.12 bits per heavy atom. The van der Waals surface area contributed by atoms with Gasteiger partial charge in [-0.3, -0.25) is 14.6 Å². The van der Waals surface area contributed by atoms with Crippen molar-refractivity contribution in [3.8, 4) is 11.1 Å². The van der Waals surface area contributed by atoms with Crippen LogP contribution in [0, 0.1) is 11.2 Å². The van der Waals surface area contributed by atoms with Crippen molar-refractivity contribution in [3.05, 3.63) is 90.0 Å². The molecule has 6 heteroatoms. The number of piperidine rings is 1. The van der Waals surface area contributed by atoms with Crippen molar-refractivity contribution < 1.29 is 14.0 Å². The first-order valence-corrected chi connectivity index (χ1v) is 10.8. The zero-order valence-electron chi connectivity index (χ0n) is 18.1. The fraction of sp³-hybridized carbons (Fsp3) is 0.269. The molecule has 0 spiro atoms. The third-order valence-electron chi connectivity index (χ3n) is 6.16. The minimum Gasteiger partial charge on any atom is -0.359 e. The second kappa shape index (κ2) is 9.30. The number of nitrogens with one attached hydrogen (secondary N) is 1. The van der Waals surface area contributed by atoms with Crippen molar-refractivity contribution in [1.82, 2.24) is 15.2 Å². The van der Waals surface area contributed by atoms with E-state index in [1.165, 1.54) is 18.2 Å². The van der Waals surface area contributed by atoms with Crippen molar-refractivity contribution in [2.45, 2.75) is 19.3 Å². The third kappa shape index (κ3) is 4.40. The number of hydrogen-bond donors (Lipinski definition) is 1. The highest BCUT2D eigenvalue weighted by molar-refractivity contribution is 5.95. The lowest BCUT2D eigenvalue weighted by Crippen LogP contribution is -2.54. The highest BCUT2D eigenvalue weighted by atomic mass is 19.1. The summed E-state index contributed by atoms with van der Waals surface area (Å²) in [5.74, 6) is -0.788. The van der Waals surface area contributed by atoms with Gasteiger partial charge in [0.2, 0.25) is 5.91 Å². The molecule has 0 radical (unpaired) electrons. The van der Waals surface area contributed by atoms with Gasteiger partial charge < -0.3 is 10.2 Å². The fourth-order valence-corrected chi connectivity index (χ4v) is 4.63. The minimum atomic E-state index is -0.770. The number of nitrogens with zero attached hydrogens (tertiary/aromatic N) is 2. The lowest BCUT2D eigenvalue weighted by Gasteiger charge is -2.42. The van der Waals surface area contributed by atoms with Crippen LogP contribution in [0.5, 0.6) is 0 Å². The van der Waals surface area contributed by atoms with Gasteiger partial charge in [-0.25, -0.2) is 4.39 Å². The van der Waals surface area contributed by atoms with Gasteiger partial charge in [0.1, 0.15) is 5.82 Å². The predicted molar refractivity (Wildman–Crippen MR) is 121 cm³/mol. The van der Waals surface area contributed by atoms with Crippen molar-refractivity contribution in [2.75, 3.05) is 20.1 Å². The van der Waals surface area contributed by atoms with Crippen molar-refractivity contribution in [2.24, 2.45) is 5.41 Å². The molecule has 1 N–H and O–H groups in total. The van der Waals surface area contributed by atoms with E-state index in [1.54, 1.807) is 24.2 Å². The largest absolute Gasteiger partial charge is 0.359 e. The maximum Gasteiger partial charge on any atom is 0.253 e. The SMILES string of the molecule is CNC(=O)[C@@]1(Cc2ccccc2-c2cccnc2)CCCN(C(=O)c2cccc(F)c2)C1. The Bertz CT molecular complexity index is 1120. The Morgan fingerprint density at radius 2 is 1.97 bits per heavy atom. The smallest absolute Gasteiger partial charge is 0.253 e. The average molecular weight is 432 g/mol. The number of rotatable bonds is 5. The summed E-state index contributed by atoms with van der Waals surface area (Å²) in [5.41, 5.74) is 2.57. The van der Waals surface area contributed by atoms with Crippen LogP contribution >= 0.6 is 0 Å². The lowest BCUT2D eigenvalue weighted by atomic mass is 9.73. The summed E-state index contributed by atoms with van der Waals surface area (Å²) in [6.07, 6.45) is 5.40. The van der Waals surface area contributed by atoms with Crippen LogP contribution < -0.4 is 5.32 Å². The van der Waals surface area contributed by atoms with Crippen LogP contribution in [0.15, 0.2) is 73.1 Å². The molecule has 0 saturated carbocycles. The highest BCUT2D eigenvalue weighted by Gasteiger charge is 2.43. The zero-order valence-corrected chi connectivity index (χ0v) is 18.1. The van der Waals surface area contributed by atoms with Crippen LogP contribution in [0.3, 0.4) is 0 Å². The van der Waals surface area contributed by atoms with E-state index in [4.69, 9.17) is 0 Å². The van der Waals surface area contributed by atoms with E-state index in [0.29, 0.717) is 31.4 Å². The summed E-state index contributed by atoms with van der Waals surface area (Å²) >= 11 is 0. The van der Waals surface area contributed by atoms with E-state index in [1.807, 2.05) is 42.6 Å². The molecule has 0 bridgehead atoms. The van der Waals surface area contributed by atoms with Gasteiger partial charge in [-0.15, -0.1) is 0 Å². The molecule has 2 aromatic carbocycles. The molecule has 3 aromatic rings. The number of likely N-dealkylation sites (tertiary alicyclic amines) is 1. The second-order valence-corrected chi connectivity index (χ2v) is 8.28. The Kier molecular flexibility index (Phi) is 6.30. The maximum atomic E-state index is 13.7. The van der Waals surface area contributed by atoms with Crippen molar-refractivity contribution >= 4 is 11.8 Å². The Balaban J connectivity index is 1.67. The van der Waals surface area contributed by atoms with Gasteiger partial charge in [0.15, 0.2) is 0 Å². The topological polar surface area (TPSA) is 62.3 Å². The van der Waals surface area contributed by atoms with Gasteiger partial charge in [-0.1, -0.05) is 36.4 Å². The lowest BCUT2D eigenvalue weighted by molar-refractivity contribution is -0.133. The van der Waals surface area contributed by atoms with E-state index in [9.17, 15) is 14.0 Å². The average Bonchev–Trinajstić information content (AvgIpc) is 2.84. The van der Waals surface area contributed by atoms with Crippen molar-refractivity contribution in [3.63, 3.8) is 0 Å². The quantitative estimate of drug-likeness (QED) is 0.662. The second-order valence-electron chi connectivity index (χ2n) is 8.28. The van der Waals surface area contributed by atoms with E-state index in [-0.39, 0.29) is 18.4 Å². The van der Waals surface area contributed by atoms with Crippen LogP contribution in [0.1, 0.15) is 28.8 Å². The fourth-order valence-electron chi connectivity index (χ4n) is 4.63. The summed E-state index contributed by atoms with van der Waals surface area (Å²) in [4.78, 5) is 32.2. The van der Waals surface area contributed by atoms with Crippen LogP contribution in [0.25, 0.3) is 11.1 Å². The van der Waals surface area contributed by atoms with E-state index in [2.05, 4.69) is 10.3 Å². The molecule has 164 valence electrons. The van der Waals surface area contributed by atoms with Gasteiger partial charge in [0.25, 0.3) is 5.91 Å². The molecule has 5 nitrogen and oxygen atoms in total. The normalized spacial score (nSPS) is 18.2. The number of carbonyl (C=O) groups is 2. The van der Waals surface area contributed by atoms with Crippen LogP contribution in [0.2, 0.25) is 0 Å². The van der Waals surface area contributed by atoms with Crippen molar-refractivity contribution in [1.29, 1.82) is 0 Å². The third-order valence-corrected chi connectivity index (χ3v) is 6.16. The molecule has 1 aliphatic heterocycles. The van der Waals surface area contributed by atoms with Gasteiger partial charge in [-0.2, -0.15) is 0 Å². The number of halogens is 1. The summed E-state index contributed by atoms with van der Waals surface area (Å²) in [6, 6.07) is 17.6. The maximum absolute atomic E-state index is 13.7. The molecule has 4 rings (SSSR count). The molecule has 2 amide bonds. The first-order valence-electron chi connectivity index (χ1n) is 10.8. The Morgan fingerprint density at radius 3 is 2.72 bits per heavy atom. The molecule has 1 aliphatic rings. The molecular weight excluding hydrogens is 405 g/mol. The molecular formula is C26H26FN3O2. The first kappa shape index (κ1) is 21.7. The van der Waals surface area contributed by atoms with Crippen LogP contribution in [-0.4, -0.2) is 41.8 Å². The van der Waals surface area contributed by atoms with Gasteiger partial charge in [0.05, 0.1) is 5.41 Å². The van der Waals surface area contributed by atoms with Crippen LogP contribution in [0.4, 0.5) is 4.39 Å². The molecule has 1 atom stereocenters. The number of amides is 2. The number of carbonyl (C=O) groups excluding carboxylic acids is 2.